The van der Waals surface area contributed by atoms with Gasteiger partial charge in [-0.3, -0.25) is 8.92 Å². The summed E-state index contributed by atoms with van der Waals surface area (Å²) in [5, 5.41) is 0. The van der Waals surface area contributed by atoms with Crippen LogP contribution in [0, 0.1) is 0 Å². The Morgan fingerprint density at radius 2 is 1.25 bits per heavy atom. The van der Waals surface area contributed by atoms with Crippen molar-refractivity contribution >= 4 is 9.29 Å². The Bertz CT molecular complexity index is 27.0. The fraction of sp³-hybridized carbons (Fsp3) is 0. The second kappa shape index (κ2) is 9.71. The van der Waals surface area contributed by atoms with Crippen molar-refractivity contribution in [1.29, 1.82) is 0 Å². The summed E-state index contributed by atoms with van der Waals surface area (Å²) in [7, 11) is -1.42. The van der Waals surface area contributed by atoms with Crippen molar-refractivity contribution in [2.75, 3.05) is 0 Å². The zero-order chi connectivity index (χ0) is 2.71. The second-order valence-corrected chi connectivity index (χ2v) is 0.250. The fourth-order valence-corrected chi connectivity index (χ4v) is 0. The Morgan fingerprint density at radius 3 is 1.25 bits per heavy atom. The Morgan fingerprint density at radius 1 is 1.25 bits per heavy atom. The number of rotatable bonds is 0. The zero-order valence-electron chi connectivity index (χ0n) is 1.63. The van der Waals surface area contributed by atoms with Crippen molar-refractivity contribution in [3.05, 3.63) is 0 Å². The topological polar surface area (TPSA) is 34.1 Å². The van der Waals surface area contributed by atoms with E-state index in [-0.39, 0.29) is 21.1 Å². The van der Waals surface area contributed by atoms with Crippen LogP contribution < -0.4 is 0 Å². The summed E-state index contributed by atoms with van der Waals surface area (Å²) in [5.74, 6) is 0. The van der Waals surface area contributed by atoms with Gasteiger partial charge in [0.2, 0.25) is 0 Å². The van der Waals surface area contributed by atoms with E-state index in [4.69, 9.17) is 8.92 Å². The first-order valence-corrected chi connectivity index (χ1v) is 1.22. The van der Waals surface area contributed by atoms with Gasteiger partial charge in [-0.2, -0.15) is 0 Å². The molecule has 0 spiro atoms. The van der Waals surface area contributed by atoms with Crippen LogP contribution in [0.2, 0.25) is 0 Å². The summed E-state index contributed by atoms with van der Waals surface area (Å²) in [4.78, 5) is 0. The maximum Gasteiger partial charge on any atom is 0.549 e. The van der Waals surface area contributed by atoms with Gasteiger partial charge in [0.05, 0.1) is 0 Å². The molecule has 0 atom stereocenters. The molecule has 0 radical (unpaired) electrons. The zero-order valence-corrected chi connectivity index (χ0v) is 4.90. The molecular weight excluding hydrogens is 255 g/mol. The summed E-state index contributed by atoms with van der Waals surface area (Å²) in [5.41, 5.74) is 0. The monoisotopic (exact) mass is 255 g/mol. The number of hydrogen-bond donors (Lipinski definition) is 0. The third-order valence-electron chi connectivity index (χ3n) is 0. The van der Waals surface area contributed by atoms with Gasteiger partial charge in [-0.1, -0.05) is 0 Å². The normalized spacial score (nSPS) is 2.00. The quantitative estimate of drug-likeness (QED) is 0.541. The molecule has 0 aromatic carbocycles. The van der Waals surface area contributed by atoms with Crippen LogP contribution in [-0.2, 0) is 30.0 Å². The molecule has 0 aromatic heterocycles. The standard InChI is InChI=1S/O2Si.Pt/c1-3-2;. The SMILES string of the molecule is O=[Si]=O.[Pt]. The van der Waals surface area contributed by atoms with Crippen molar-refractivity contribution < 1.29 is 30.0 Å². The van der Waals surface area contributed by atoms with Crippen molar-refractivity contribution in [1.82, 2.24) is 0 Å². The average molecular weight is 255 g/mol. The molecule has 2 nitrogen and oxygen atoms in total. The third kappa shape index (κ3) is 22.2. The number of hydrogen-bond acceptors (Lipinski definition) is 2. The molecule has 0 aliphatic heterocycles. The fourth-order valence-electron chi connectivity index (χ4n) is 0. The summed E-state index contributed by atoms with van der Waals surface area (Å²) >= 11 is 0. The molecule has 0 N–H and O–H groups in total. The molecule has 0 heterocycles. The summed E-state index contributed by atoms with van der Waals surface area (Å²) in [6, 6.07) is 0. The minimum absolute atomic E-state index is 0. The van der Waals surface area contributed by atoms with Crippen molar-refractivity contribution in [3.63, 3.8) is 0 Å². The molecule has 0 fully saturated rings. The van der Waals surface area contributed by atoms with Gasteiger partial charge in [-0.15, -0.1) is 0 Å². The predicted octanol–water partition coefficient (Wildman–Crippen LogP) is -0.621. The first kappa shape index (κ1) is 8.82. The van der Waals surface area contributed by atoms with Crippen molar-refractivity contribution in [3.8, 4) is 0 Å². The molecule has 26 valence electrons. The molecule has 0 amide bonds. The van der Waals surface area contributed by atoms with E-state index < -0.39 is 9.29 Å². The van der Waals surface area contributed by atoms with E-state index in [0.29, 0.717) is 0 Å². The van der Waals surface area contributed by atoms with Crippen LogP contribution in [0.15, 0.2) is 0 Å². The average Bonchev–Trinajstić information content (AvgIpc) is 0.918. The largest absolute Gasteiger partial charge is 0.549 e. The molecule has 0 aliphatic rings. The van der Waals surface area contributed by atoms with Crippen LogP contribution >= 0.6 is 0 Å². The van der Waals surface area contributed by atoms with E-state index >= 15 is 0 Å². The van der Waals surface area contributed by atoms with E-state index in [9.17, 15) is 0 Å². The minimum Gasteiger partial charge on any atom is -0.274 e. The summed E-state index contributed by atoms with van der Waals surface area (Å²) < 4.78 is 16.8. The van der Waals surface area contributed by atoms with Gasteiger partial charge in [0.1, 0.15) is 0 Å². The van der Waals surface area contributed by atoms with E-state index in [2.05, 4.69) is 0 Å². The van der Waals surface area contributed by atoms with Gasteiger partial charge in [0.25, 0.3) is 0 Å². The van der Waals surface area contributed by atoms with Crippen molar-refractivity contribution in [2.24, 2.45) is 0 Å². The van der Waals surface area contributed by atoms with Gasteiger partial charge in [0, 0.05) is 21.1 Å². The summed E-state index contributed by atoms with van der Waals surface area (Å²) in [6.45, 7) is 0. The molecule has 4 heteroatoms. The maximum atomic E-state index is 8.40. The second-order valence-electron chi connectivity index (χ2n) is 0.0833. The first-order valence-electron chi connectivity index (χ1n) is 0.408. The van der Waals surface area contributed by atoms with Crippen LogP contribution in [0.25, 0.3) is 0 Å². The Kier molecular flexibility index (Phi) is 21.4. The Labute approximate surface area is 39.8 Å². The van der Waals surface area contributed by atoms with E-state index in [1.54, 1.807) is 0 Å². The molecule has 0 saturated heterocycles. The molecule has 0 unspecified atom stereocenters. The smallest absolute Gasteiger partial charge is 0.274 e. The van der Waals surface area contributed by atoms with Gasteiger partial charge in [-0.05, 0) is 0 Å². The van der Waals surface area contributed by atoms with Crippen LogP contribution in [0.1, 0.15) is 0 Å². The first-order chi connectivity index (χ1) is 1.41. The molecule has 4 heavy (non-hydrogen) atoms. The molecular formula is O2PtSi. The van der Waals surface area contributed by atoms with E-state index in [1.807, 2.05) is 0 Å². The van der Waals surface area contributed by atoms with Gasteiger partial charge in [-0.25, -0.2) is 0 Å². The Hall–Kier alpha value is 0.505. The molecule has 0 saturated carbocycles. The van der Waals surface area contributed by atoms with Crippen molar-refractivity contribution in [2.45, 2.75) is 0 Å². The predicted molar refractivity (Wildman–Crippen MR) is 7.13 cm³/mol. The van der Waals surface area contributed by atoms with Crippen LogP contribution in [0.3, 0.4) is 0 Å². The molecule has 0 rings (SSSR count). The van der Waals surface area contributed by atoms with Gasteiger partial charge >= 0.3 is 9.29 Å². The Balaban J connectivity index is 0. The van der Waals surface area contributed by atoms with E-state index in [1.165, 1.54) is 0 Å². The minimum atomic E-state index is -1.42. The van der Waals surface area contributed by atoms with Crippen LogP contribution in [0.5, 0.6) is 0 Å². The third-order valence-corrected chi connectivity index (χ3v) is 0. The van der Waals surface area contributed by atoms with Crippen LogP contribution in [0.4, 0.5) is 0 Å². The maximum absolute atomic E-state index is 8.40. The molecule has 0 aliphatic carbocycles. The summed E-state index contributed by atoms with van der Waals surface area (Å²) in [6.07, 6.45) is 0. The van der Waals surface area contributed by atoms with E-state index in [0.717, 1.165) is 0 Å². The van der Waals surface area contributed by atoms with Crippen LogP contribution in [-0.4, -0.2) is 9.29 Å². The van der Waals surface area contributed by atoms with Gasteiger partial charge < -0.3 is 0 Å². The van der Waals surface area contributed by atoms with Gasteiger partial charge in [0.15, 0.2) is 0 Å². The molecule has 0 bridgehead atoms. The molecule has 0 aromatic rings.